The Kier molecular flexibility index (Phi) is 3.90. The molecule has 0 aromatic rings. The molecule has 0 aromatic heterocycles. The van der Waals surface area contributed by atoms with Gasteiger partial charge in [-0.05, 0) is 13.3 Å². The topological polar surface area (TPSA) is 9.23 Å². The standard InChI is InChI=1S/C8H14O/c1-5-7(3)9-8(4)6-2/h8H,1,6H2,2-4H3. The predicted octanol–water partition coefficient (Wildman–Crippen LogP) is 2.49. The average molecular weight is 126 g/mol. The van der Waals surface area contributed by atoms with Gasteiger partial charge < -0.3 is 4.74 Å². The molecule has 1 unspecified atom stereocenters. The van der Waals surface area contributed by atoms with Gasteiger partial charge in [0.1, 0.15) is 5.76 Å². The quantitative estimate of drug-likeness (QED) is 0.417. The van der Waals surface area contributed by atoms with E-state index in [0.29, 0.717) is 6.10 Å². The van der Waals surface area contributed by atoms with Crippen molar-refractivity contribution in [2.75, 3.05) is 0 Å². The van der Waals surface area contributed by atoms with Crippen molar-refractivity contribution < 1.29 is 4.74 Å². The second kappa shape index (κ2) is 4.22. The van der Waals surface area contributed by atoms with E-state index in [2.05, 4.69) is 19.2 Å². The second-order valence-electron chi connectivity index (χ2n) is 2.07. The van der Waals surface area contributed by atoms with E-state index in [-0.39, 0.29) is 0 Å². The molecular weight excluding hydrogens is 112 g/mol. The van der Waals surface area contributed by atoms with Crippen LogP contribution < -0.4 is 0 Å². The van der Waals surface area contributed by atoms with Crippen molar-refractivity contribution in [2.45, 2.75) is 33.3 Å². The van der Waals surface area contributed by atoms with E-state index in [4.69, 9.17) is 4.74 Å². The molecule has 1 heteroatoms. The van der Waals surface area contributed by atoms with Crippen LogP contribution in [0.4, 0.5) is 0 Å². The molecule has 0 N–H and O–H groups in total. The van der Waals surface area contributed by atoms with E-state index in [1.165, 1.54) is 0 Å². The summed E-state index contributed by atoms with van der Waals surface area (Å²) < 4.78 is 5.29. The Morgan fingerprint density at radius 3 is 2.67 bits per heavy atom. The zero-order valence-electron chi connectivity index (χ0n) is 6.40. The van der Waals surface area contributed by atoms with Crippen LogP contribution in [0.3, 0.4) is 0 Å². The van der Waals surface area contributed by atoms with Gasteiger partial charge in [-0.15, -0.1) is 0 Å². The first-order valence-corrected chi connectivity index (χ1v) is 3.24. The van der Waals surface area contributed by atoms with Gasteiger partial charge in [-0.1, -0.05) is 19.2 Å². The Morgan fingerprint density at radius 1 is 1.78 bits per heavy atom. The molecule has 0 rings (SSSR count). The molecule has 9 heavy (non-hydrogen) atoms. The Bertz CT molecular complexity index is 121. The number of hydrogen-bond donors (Lipinski definition) is 0. The molecule has 0 aliphatic rings. The van der Waals surface area contributed by atoms with Crippen molar-refractivity contribution in [3.8, 4) is 0 Å². The van der Waals surface area contributed by atoms with Gasteiger partial charge in [-0.2, -0.15) is 0 Å². The summed E-state index contributed by atoms with van der Waals surface area (Å²) in [6.07, 6.45) is 1.32. The highest BCUT2D eigenvalue weighted by Crippen LogP contribution is 2.01. The first-order valence-electron chi connectivity index (χ1n) is 3.24. The highest BCUT2D eigenvalue weighted by Gasteiger charge is 1.96. The summed E-state index contributed by atoms with van der Waals surface area (Å²) in [5.41, 5.74) is 2.67. The van der Waals surface area contributed by atoms with Gasteiger partial charge in [0.15, 0.2) is 0 Å². The SMILES string of the molecule is C=C=C(C)OC(C)CC. The summed E-state index contributed by atoms with van der Waals surface area (Å²) in [5, 5.41) is 0. The van der Waals surface area contributed by atoms with Crippen molar-refractivity contribution in [2.24, 2.45) is 0 Å². The third-order valence-electron chi connectivity index (χ3n) is 1.20. The van der Waals surface area contributed by atoms with Crippen molar-refractivity contribution in [3.63, 3.8) is 0 Å². The molecule has 0 saturated heterocycles. The minimum Gasteiger partial charge on any atom is -0.487 e. The molecular formula is C8H14O. The number of allylic oxidation sites excluding steroid dienone is 1. The van der Waals surface area contributed by atoms with Gasteiger partial charge in [-0.3, -0.25) is 0 Å². The lowest BCUT2D eigenvalue weighted by molar-refractivity contribution is 0.130. The van der Waals surface area contributed by atoms with E-state index < -0.39 is 0 Å². The van der Waals surface area contributed by atoms with Gasteiger partial charge in [0.25, 0.3) is 0 Å². The third kappa shape index (κ3) is 3.87. The first kappa shape index (κ1) is 8.32. The molecule has 0 radical (unpaired) electrons. The summed E-state index contributed by atoms with van der Waals surface area (Å²) in [5.74, 6) is 0.782. The fraction of sp³-hybridized carbons (Fsp3) is 0.625. The molecule has 0 amide bonds. The fourth-order valence-electron chi connectivity index (χ4n) is 0.427. The van der Waals surface area contributed by atoms with Crippen LogP contribution in [-0.2, 0) is 4.74 Å². The Labute approximate surface area is 57.0 Å². The monoisotopic (exact) mass is 126 g/mol. The zero-order chi connectivity index (χ0) is 7.28. The van der Waals surface area contributed by atoms with E-state index >= 15 is 0 Å². The highest BCUT2D eigenvalue weighted by molar-refractivity contribution is 4.83. The summed E-state index contributed by atoms with van der Waals surface area (Å²) in [6.45, 7) is 9.43. The lowest BCUT2D eigenvalue weighted by Crippen LogP contribution is -2.03. The molecule has 52 valence electrons. The van der Waals surface area contributed by atoms with Crippen LogP contribution in [-0.4, -0.2) is 6.10 Å². The van der Waals surface area contributed by atoms with Crippen LogP contribution in [0.25, 0.3) is 0 Å². The molecule has 0 bridgehead atoms. The van der Waals surface area contributed by atoms with Gasteiger partial charge >= 0.3 is 0 Å². The maximum Gasteiger partial charge on any atom is 0.135 e. The smallest absolute Gasteiger partial charge is 0.135 e. The Balaban J connectivity index is 3.60. The Morgan fingerprint density at radius 2 is 2.33 bits per heavy atom. The van der Waals surface area contributed by atoms with Crippen LogP contribution in [0.5, 0.6) is 0 Å². The lowest BCUT2D eigenvalue weighted by atomic mass is 10.3. The minimum absolute atomic E-state index is 0.291. The highest BCUT2D eigenvalue weighted by atomic mass is 16.5. The van der Waals surface area contributed by atoms with Crippen LogP contribution in [0.15, 0.2) is 18.1 Å². The number of ether oxygens (including phenoxy) is 1. The van der Waals surface area contributed by atoms with Crippen LogP contribution >= 0.6 is 0 Å². The summed E-state index contributed by atoms with van der Waals surface area (Å²) in [7, 11) is 0. The fourth-order valence-corrected chi connectivity index (χ4v) is 0.427. The van der Waals surface area contributed by atoms with Gasteiger partial charge in [0, 0.05) is 6.92 Å². The van der Waals surface area contributed by atoms with Gasteiger partial charge in [-0.25, -0.2) is 0 Å². The molecule has 0 spiro atoms. The second-order valence-corrected chi connectivity index (χ2v) is 2.07. The van der Waals surface area contributed by atoms with E-state index in [9.17, 15) is 0 Å². The van der Waals surface area contributed by atoms with E-state index in [1.54, 1.807) is 0 Å². The van der Waals surface area contributed by atoms with Crippen molar-refractivity contribution in [1.29, 1.82) is 0 Å². The zero-order valence-corrected chi connectivity index (χ0v) is 6.40. The van der Waals surface area contributed by atoms with E-state index in [0.717, 1.165) is 12.2 Å². The summed E-state index contributed by atoms with van der Waals surface area (Å²) in [6, 6.07) is 0. The van der Waals surface area contributed by atoms with Crippen molar-refractivity contribution >= 4 is 0 Å². The largest absolute Gasteiger partial charge is 0.487 e. The molecule has 0 aliphatic carbocycles. The minimum atomic E-state index is 0.291. The number of rotatable bonds is 3. The molecule has 1 atom stereocenters. The van der Waals surface area contributed by atoms with Crippen LogP contribution in [0, 0.1) is 0 Å². The van der Waals surface area contributed by atoms with Gasteiger partial charge in [0.2, 0.25) is 0 Å². The lowest BCUT2D eigenvalue weighted by Gasteiger charge is -2.09. The van der Waals surface area contributed by atoms with Crippen molar-refractivity contribution in [3.05, 3.63) is 18.1 Å². The molecule has 0 aromatic carbocycles. The number of hydrogen-bond acceptors (Lipinski definition) is 1. The summed E-state index contributed by atoms with van der Waals surface area (Å²) in [4.78, 5) is 0. The Hall–Kier alpha value is -0.680. The average Bonchev–Trinajstić information content (AvgIpc) is 1.87. The van der Waals surface area contributed by atoms with Crippen LogP contribution in [0.2, 0.25) is 0 Å². The maximum absolute atomic E-state index is 5.29. The predicted molar refractivity (Wildman–Crippen MR) is 39.2 cm³/mol. The summed E-state index contributed by atoms with van der Waals surface area (Å²) >= 11 is 0. The van der Waals surface area contributed by atoms with Crippen LogP contribution in [0.1, 0.15) is 27.2 Å². The third-order valence-corrected chi connectivity index (χ3v) is 1.20. The molecule has 0 fully saturated rings. The van der Waals surface area contributed by atoms with Gasteiger partial charge in [0.05, 0.1) is 6.10 Å². The normalized spacial score (nSPS) is 11.9. The van der Waals surface area contributed by atoms with E-state index in [1.807, 2.05) is 13.8 Å². The maximum atomic E-state index is 5.29. The van der Waals surface area contributed by atoms with Crippen molar-refractivity contribution in [1.82, 2.24) is 0 Å². The first-order chi connectivity index (χ1) is 4.20. The molecule has 0 aliphatic heterocycles. The molecule has 0 heterocycles. The molecule has 1 nitrogen and oxygen atoms in total. The molecule has 0 saturated carbocycles.